The van der Waals surface area contributed by atoms with Crippen LogP contribution in [0.2, 0.25) is 0 Å². The lowest BCUT2D eigenvalue weighted by molar-refractivity contribution is 0.308. The highest BCUT2D eigenvalue weighted by Crippen LogP contribution is 2.48. The number of benzene rings is 1. The summed E-state index contributed by atoms with van der Waals surface area (Å²) in [6.45, 7) is 6.39. The first-order chi connectivity index (χ1) is 8.59. The third-order valence-corrected chi connectivity index (χ3v) is 4.72. The van der Waals surface area contributed by atoms with Gasteiger partial charge in [0.25, 0.3) is 0 Å². The summed E-state index contributed by atoms with van der Waals surface area (Å²) in [6, 6.07) is 6.41. The van der Waals surface area contributed by atoms with Crippen LogP contribution in [0.1, 0.15) is 55.7 Å². The molecule has 0 N–H and O–H groups in total. The summed E-state index contributed by atoms with van der Waals surface area (Å²) in [7, 11) is 0. The number of fused-ring (bicyclic) bond motifs is 2. The summed E-state index contributed by atoms with van der Waals surface area (Å²) in [5, 5.41) is 0. The van der Waals surface area contributed by atoms with Crippen molar-refractivity contribution in [1.82, 2.24) is 0 Å². The number of hydrogen-bond acceptors (Lipinski definition) is 0. The lowest BCUT2D eigenvalue weighted by Crippen LogP contribution is -2.26. The van der Waals surface area contributed by atoms with Crippen molar-refractivity contribution in [2.45, 2.75) is 52.1 Å². The summed E-state index contributed by atoms with van der Waals surface area (Å²) in [5.74, 6) is 0.658. The Morgan fingerprint density at radius 3 is 2.78 bits per heavy atom. The van der Waals surface area contributed by atoms with Crippen molar-refractivity contribution in [3.8, 4) is 0 Å². The molecule has 1 aromatic carbocycles. The van der Waals surface area contributed by atoms with Crippen LogP contribution in [0.25, 0.3) is 5.57 Å². The van der Waals surface area contributed by atoms with Gasteiger partial charge in [0.2, 0.25) is 0 Å². The molecule has 0 nitrogen and oxygen atoms in total. The third-order valence-electron chi connectivity index (χ3n) is 4.72. The van der Waals surface area contributed by atoms with Gasteiger partial charge in [-0.1, -0.05) is 32.0 Å². The highest BCUT2D eigenvalue weighted by Gasteiger charge is 2.35. The minimum Gasteiger partial charge on any atom is -0.242 e. The molecule has 3 unspecified atom stereocenters. The summed E-state index contributed by atoms with van der Waals surface area (Å²) in [4.78, 5) is 0. The van der Waals surface area contributed by atoms with E-state index in [4.69, 9.17) is 0 Å². The largest absolute Gasteiger partial charge is 0.242 e. The van der Waals surface area contributed by atoms with E-state index < -0.39 is 6.17 Å². The van der Waals surface area contributed by atoms with Gasteiger partial charge in [0.15, 0.2) is 0 Å². The summed E-state index contributed by atoms with van der Waals surface area (Å²) < 4.78 is 14.7. The quantitative estimate of drug-likeness (QED) is 0.601. The van der Waals surface area contributed by atoms with Gasteiger partial charge >= 0.3 is 0 Å². The molecule has 0 amide bonds. The molecule has 18 heavy (non-hydrogen) atoms. The Labute approximate surface area is 109 Å². The molecule has 0 fully saturated rings. The van der Waals surface area contributed by atoms with Crippen LogP contribution < -0.4 is 0 Å². The second-order valence-corrected chi connectivity index (χ2v) is 6.08. The van der Waals surface area contributed by atoms with Gasteiger partial charge in [0, 0.05) is 5.92 Å². The lowest BCUT2D eigenvalue weighted by Gasteiger charge is -2.36. The third kappa shape index (κ3) is 1.64. The molecule has 0 heterocycles. The van der Waals surface area contributed by atoms with E-state index in [1.165, 1.54) is 28.7 Å². The molecule has 0 bridgehead atoms. The maximum Gasteiger partial charge on any atom is 0.128 e. The van der Waals surface area contributed by atoms with E-state index in [2.05, 4.69) is 32.0 Å². The van der Waals surface area contributed by atoms with E-state index in [1.54, 1.807) is 0 Å². The van der Waals surface area contributed by atoms with Gasteiger partial charge in [-0.15, -0.1) is 0 Å². The molecular formula is C17H21F. The second kappa shape index (κ2) is 4.22. The van der Waals surface area contributed by atoms with Crippen molar-refractivity contribution in [1.29, 1.82) is 0 Å². The van der Waals surface area contributed by atoms with Crippen molar-refractivity contribution < 1.29 is 4.39 Å². The van der Waals surface area contributed by atoms with Crippen LogP contribution in [-0.2, 0) is 0 Å². The molecule has 2 aliphatic carbocycles. The van der Waals surface area contributed by atoms with Gasteiger partial charge in [0.1, 0.15) is 6.17 Å². The fourth-order valence-corrected chi connectivity index (χ4v) is 3.73. The van der Waals surface area contributed by atoms with Gasteiger partial charge in [-0.25, -0.2) is 4.39 Å². The van der Waals surface area contributed by atoms with E-state index in [9.17, 15) is 4.39 Å². The minimum atomic E-state index is -0.767. The predicted octanol–water partition coefficient (Wildman–Crippen LogP) is 5.02. The Morgan fingerprint density at radius 2 is 2.00 bits per heavy atom. The van der Waals surface area contributed by atoms with Crippen LogP contribution in [0.15, 0.2) is 23.8 Å². The molecule has 0 spiro atoms. The highest BCUT2D eigenvalue weighted by atomic mass is 19.1. The van der Waals surface area contributed by atoms with E-state index in [0.29, 0.717) is 5.92 Å². The molecule has 0 saturated carbocycles. The molecule has 3 atom stereocenters. The average molecular weight is 244 g/mol. The van der Waals surface area contributed by atoms with Crippen LogP contribution in [0, 0.1) is 12.8 Å². The molecule has 3 rings (SSSR count). The Morgan fingerprint density at radius 1 is 1.22 bits per heavy atom. The van der Waals surface area contributed by atoms with Crippen molar-refractivity contribution in [3.05, 3.63) is 40.5 Å². The maximum absolute atomic E-state index is 14.7. The van der Waals surface area contributed by atoms with Crippen molar-refractivity contribution in [2.24, 2.45) is 5.92 Å². The normalized spacial score (nSPS) is 31.0. The first-order valence-electron chi connectivity index (χ1n) is 7.05. The summed E-state index contributed by atoms with van der Waals surface area (Å²) >= 11 is 0. The number of halogens is 1. The molecule has 96 valence electrons. The summed E-state index contributed by atoms with van der Waals surface area (Å²) in [6.07, 6.45) is 2.44. The van der Waals surface area contributed by atoms with Gasteiger partial charge in [-0.3, -0.25) is 0 Å². The number of rotatable bonds is 0. The molecule has 0 aromatic heterocycles. The second-order valence-electron chi connectivity index (χ2n) is 6.08. The van der Waals surface area contributed by atoms with Crippen molar-refractivity contribution >= 4 is 5.57 Å². The molecule has 1 heteroatoms. The lowest BCUT2D eigenvalue weighted by atomic mass is 9.70. The number of allylic oxidation sites excluding steroid dienone is 2. The van der Waals surface area contributed by atoms with Gasteiger partial charge in [-0.2, -0.15) is 0 Å². The maximum atomic E-state index is 14.7. The topological polar surface area (TPSA) is 0 Å². The minimum absolute atomic E-state index is 0.0187. The zero-order valence-electron chi connectivity index (χ0n) is 11.5. The molecule has 2 aliphatic rings. The predicted molar refractivity (Wildman–Crippen MR) is 74.4 cm³/mol. The average Bonchev–Trinajstić information content (AvgIpc) is 2.35. The molecule has 0 aliphatic heterocycles. The zero-order chi connectivity index (χ0) is 12.9. The van der Waals surface area contributed by atoms with E-state index in [0.717, 1.165) is 18.4 Å². The molecule has 0 radical (unpaired) electrons. The Kier molecular flexibility index (Phi) is 2.80. The van der Waals surface area contributed by atoms with Crippen molar-refractivity contribution in [3.63, 3.8) is 0 Å². The van der Waals surface area contributed by atoms with Crippen LogP contribution in [-0.4, -0.2) is 6.17 Å². The van der Waals surface area contributed by atoms with Crippen LogP contribution in [0.4, 0.5) is 4.39 Å². The Hall–Kier alpha value is -1.11. The van der Waals surface area contributed by atoms with Gasteiger partial charge < -0.3 is 0 Å². The monoisotopic (exact) mass is 244 g/mol. The van der Waals surface area contributed by atoms with Gasteiger partial charge in [-0.05, 0) is 59.9 Å². The van der Waals surface area contributed by atoms with E-state index >= 15 is 0 Å². The Balaban J connectivity index is 2.20. The summed E-state index contributed by atoms with van der Waals surface area (Å²) in [5.41, 5.74) is 6.24. The molecule has 0 saturated heterocycles. The van der Waals surface area contributed by atoms with E-state index in [-0.39, 0.29) is 5.92 Å². The van der Waals surface area contributed by atoms with Crippen LogP contribution >= 0.6 is 0 Å². The number of hydrogen-bond donors (Lipinski definition) is 0. The smallest absolute Gasteiger partial charge is 0.128 e. The fraction of sp³-hybridized carbons (Fsp3) is 0.529. The van der Waals surface area contributed by atoms with Crippen LogP contribution in [0.3, 0.4) is 0 Å². The van der Waals surface area contributed by atoms with E-state index in [1.807, 2.05) is 6.92 Å². The molecule has 1 aromatic rings. The first kappa shape index (κ1) is 12.0. The number of aryl methyl sites for hydroxylation is 1. The van der Waals surface area contributed by atoms with Gasteiger partial charge in [0.05, 0.1) is 0 Å². The van der Waals surface area contributed by atoms with Crippen LogP contribution in [0.5, 0.6) is 0 Å². The molecular weight excluding hydrogens is 223 g/mol. The number of alkyl halides is 1. The zero-order valence-corrected chi connectivity index (χ0v) is 11.5. The van der Waals surface area contributed by atoms with Crippen molar-refractivity contribution in [2.75, 3.05) is 0 Å². The fourth-order valence-electron chi connectivity index (χ4n) is 3.73. The first-order valence-corrected chi connectivity index (χ1v) is 7.05. The Bertz CT molecular complexity index is 512. The SMILES string of the molecule is Cc1cccc2c1C(C)C(F)C1=C2CCC(C)C1. The standard InChI is InChI=1S/C17H21F/c1-10-7-8-13-14-6-4-5-11(2)16(14)12(3)17(18)15(13)9-10/h4-6,10,12,17H,7-9H2,1-3H3. The highest BCUT2D eigenvalue weighted by molar-refractivity contribution is 5.76.